The van der Waals surface area contributed by atoms with Crippen molar-refractivity contribution >= 4 is 53.2 Å². The molecule has 3 rings (SSSR count). The molecule has 0 fully saturated rings. The van der Waals surface area contributed by atoms with E-state index in [2.05, 4.69) is 16.0 Å². The van der Waals surface area contributed by atoms with Gasteiger partial charge in [0.2, 0.25) is 17.7 Å². The van der Waals surface area contributed by atoms with Crippen LogP contribution in [0.15, 0.2) is 36.5 Å². The summed E-state index contributed by atoms with van der Waals surface area (Å²) in [5.41, 5.74) is 0. The SMILES string of the molecule is O=C(CCCN1C(=O)C=CC1=O)NCCOCCOCC(COCCOCCNC(=O)CCCN1C(=O)C=CC1=O)OCCOCCNC(=O)CCCN1C(=O)C=CC1=O. The van der Waals surface area contributed by atoms with E-state index in [1.165, 1.54) is 36.5 Å². The summed E-state index contributed by atoms with van der Waals surface area (Å²) in [6.45, 7) is 3.95. The lowest BCUT2D eigenvalue weighted by Gasteiger charge is -2.19. The molecule has 3 N–H and O–H groups in total. The standard InChI is InChI=1S/C39H56N6O15/c46-31(4-1-16-43-34(49)7-8-35(43)50)40-13-19-55-22-24-58-28-30(60-27-26-57-21-15-42-33(48)6-3-18-45-38(53)11-12-39(45)54)29-59-25-23-56-20-14-41-32(47)5-2-17-44-36(51)9-10-37(44)52/h7-12,30H,1-6,13-29H2,(H,40,46)(H,41,47)(H,42,48). The minimum absolute atomic E-state index is 0.158. The molecule has 0 unspecified atom stereocenters. The molecule has 60 heavy (non-hydrogen) atoms. The average molecular weight is 849 g/mol. The quantitative estimate of drug-likeness (QED) is 0.0457. The van der Waals surface area contributed by atoms with Gasteiger partial charge in [-0.05, 0) is 19.3 Å². The maximum atomic E-state index is 12.1. The summed E-state index contributed by atoms with van der Waals surface area (Å²) < 4.78 is 33.9. The van der Waals surface area contributed by atoms with Gasteiger partial charge in [-0.25, -0.2) is 0 Å². The molecule has 21 nitrogen and oxygen atoms in total. The Bertz CT molecular complexity index is 1440. The van der Waals surface area contributed by atoms with Gasteiger partial charge in [-0.2, -0.15) is 0 Å². The normalized spacial score (nSPS) is 14.8. The molecule has 0 saturated carbocycles. The van der Waals surface area contributed by atoms with Crippen LogP contribution < -0.4 is 16.0 Å². The second kappa shape index (κ2) is 29.1. The first kappa shape index (κ1) is 49.2. The third-order valence-corrected chi connectivity index (χ3v) is 8.70. The van der Waals surface area contributed by atoms with Crippen LogP contribution in [0.5, 0.6) is 0 Å². The molecule has 9 amide bonds. The number of ether oxygens (including phenoxy) is 6. The molecule has 0 atom stereocenters. The highest BCUT2D eigenvalue weighted by Gasteiger charge is 2.24. The van der Waals surface area contributed by atoms with Crippen molar-refractivity contribution < 1.29 is 71.6 Å². The Kier molecular flexibility index (Phi) is 23.9. The number of hydrogen-bond donors (Lipinski definition) is 3. The number of hydrogen-bond acceptors (Lipinski definition) is 15. The maximum absolute atomic E-state index is 12.1. The van der Waals surface area contributed by atoms with Gasteiger partial charge in [0.1, 0.15) is 6.10 Å². The summed E-state index contributed by atoms with van der Waals surface area (Å²) in [6, 6.07) is 0. The molecule has 0 aromatic rings. The van der Waals surface area contributed by atoms with Gasteiger partial charge in [-0.3, -0.25) is 57.9 Å². The van der Waals surface area contributed by atoms with Gasteiger partial charge in [0.25, 0.3) is 35.4 Å². The molecule has 0 aromatic carbocycles. The molecule has 3 aliphatic heterocycles. The van der Waals surface area contributed by atoms with Gasteiger partial charge in [0.15, 0.2) is 0 Å². The van der Waals surface area contributed by atoms with Crippen molar-refractivity contribution in [3.8, 4) is 0 Å². The zero-order valence-electron chi connectivity index (χ0n) is 33.8. The van der Waals surface area contributed by atoms with E-state index in [-0.39, 0.29) is 184 Å². The van der Waals surface area contributed by atoms with Gasteiger partial charge in [-0.15, -0.1) is 0 Å². The number of nitrogens with one attached hydrogen (secondary N) is 3. The average Bonchev–Trinajstić information content (AvgIpc) is 3.85. The summed E-state index contributed by atoms with van der Waals surface area (Å²) >= 11 is 0. The lowest BCUT2D eigenvalue weighted by Crippen LogP contribution is -2.33. The van der Waals surface area contributed by atoms with Crippen LogP contribution in [0, 0.1) is 0 Å². The number of imide groups is 3. The van der Waals surface area contributed by atoms with Gasteiger partial charge >= 0.3 is 0 Å². The Balaban J connectivity index is 1.21. The first-order chi connectivity index (χ1) is 29.0. The lowest BCUT2D eigenvalue weighted by atomic mass is 10.3. The predicted octanol–water partition coefficient (Wildman–Crippen LogP) is -2.08. The monoisotopic (exact) mass is 848 g/mol. The third-order valence-electron chi connectivity index (χ3n) is 8.70. The van der Waals surface area contributed by atoms with Crippen LogP contribution >= 0.6 is 0 Å². The van der Waals surface area contributed by atoms with Gasteiger partial charge < -0.3 is 44.4 Å². The number of amides is 9. The number of nitrogens with zero attached hydrogens (tertiary/aromatic N) is 3. The molecule has 0 saturated heterocycles. The van der Waals surface area contributed by atoms with E-state index < -0.39 is 6.10 Å². The van der Waals surface area contributed by atoms with Gasteiger partial charge in [0.05, 0.1) is 72.7 Å². The molecule has 0 radical (unpaired) electrons. The van der Waals surface area contributed by atoms with Crippen molar-refractivity contribution in [2.45, 2.75) is 44.6 Å². The van der Waals surface area contributed by atoms with Crippen molar-refractivity contribution in [1.29, 1.82) is 0 Å². The minimum atomic E-state index is -0.458. The van der Waals surface area contributed by atoms with E-state index in [0.717, 1.165) is 14.7 Å². The number of carbonyl (C=O) groups excluding carboxylic acids is 9. The van der Waals surface area contributed by atoms with Gasteiger partial charge in [-0.1, -0.05) is 0 Å². The highest BCUT2D eigenvalue weighted by Crippen LogP contribution is 2.07. The van der Waals surface area contributed by atoms with Crippen LogP contribution in [0.2, 0.25) is 0 Å². The molecule has 332 valence electrons. The van der Waals surface area contributed by atoms with E-state index in [0.29, 0.717) is 19.3 Å². The van der Waals surface area contributed by atoms with Crippen LogP contribution in [0.1, 0.15) is 38.5 Å². The molecule has 3 heterocycles. The molecule has 3 aliphatic rings. The Morgan fingerprint density at radius 2 is 0.700 bits per heavy atom. The zero-order valence-corrected chi connectivity index (χ0v) is 33.8. The van der Waals surface area contributed by atoms with Crippen LogP contribution in [0.25, 0.3) is 0 Å². The Labute approximate surface area is 348 Å². The van der Waals surface area contributed by atoms with E-state index in [4.69, 9.17) is 28.4 Å². The first-order valence-corrected chi connectivity index (χ1v) is 20.0. The smallest absolute Gasteiger partial charge is 0.253 e. The largest absolute Gasteiger partial charge is 0.377 e. The topological polar surface area (TPSA) is 255 Å². The minimum Gasteiger partial charge on any atom is -0.377 e. The summed E-state index contributed by atoms with van der Waals surface area (Å²) in [4.78, 5) is 109. The van der Waals surface area contributed by atoms with Crippen molar-refractivity contribution in [3.63, 3.8) is 0 Å². The molecule has 0 bridgehead atoms. The van der Waals surface area contributed by atoms with Crippen molar-refractivity contribution in [2.75, 3.05) is 112 Å². The van der Waals surface area contributed by atoms with E-state index in [1.54, 1.807) is 0 Å². The van der Waals surface area contributed by atoms with Crippen LogP contribution in [0.3, 0.4) is 0 Å². The fraction of sp³-hybridized carbons (Fsp3) is 0.615. The highest BCUT2D eigenvalue weighted by molar-refractivity contribution is 6.14. The molecule has 0 spiro atoms. The summed E-state index contributed by atoms with van der Waals surface area (Å²) in [7, 11) is 0. The fourth-order valence-electron chi connectivity index (χ4n) is 5.59. The van der Waals surface area contributed by atoms with Crippen LogP contribution in [0.4, 0.5) is 0 Å². The van der Waals surface area contributed by atoms with E-state index >= 15 is 0 Å². The molecular weight excluding hydrogens is 792 g/mol. The number of rotatable bonds is 35. The molecular formula is C39H56N6O15. The Morgan fingerprint density at radius 1 is 0.417 bits per heavy atom. The summed E-state index contributed by atoms with van der Waals surface area (Å²) in [6.07, 6.45) is 8.31. The van der Waals surface area contributed by atoms with Crippen LogP contribution in [-0.4, -0.2) is 186 Å². The van der Waals surface area contributed by atoms with Crippen molar-refractivity contribution in [2.24, 2.45) is 0 Å². The predicted molar refractivity (Wildman–Crippen MR) is 208 cm³/mol. The Morgan fingerprint density at radius 3 is 1.02 bits per heavy atom. The highest BCUT2D eigenvalue weighted by atomic mass is 16.6. The number of carbonyl (C=O) groups is 9. The maximum Gasteiger partial charge on any atom is 0.253 e. The lowest BCUT2D eigenvalue weighted by molar-refractivity contribution is -0.138. The van der Waals surface area contributed by atoms with Crippen molar-refractivity contribution in [1.82, 2.24) is 30.7 Å². The van der Waals surface area contributed by atoms with Crippen LogP contribution in [-0.2, 0) is 71.6 Å². The summed E-state index contributed by atoms with van der Waals surface area (Å²) in [5, 5.41) is 8.17. The molecule has 0 aromatic heterocycles. The van der Waals surface area contributed by atoms with E-state index in [1.807, 2.05) is 0 Å². The second-order valence-corrected chi connectivity index (χ2v) is 13.3. The van der Waals surface area contributed by atoms with Crippen molar-refractivity contribution in [3.05, 3.63) is 36.5 Å². The first-order valence-electron chi connectivity index (χ1n) is 20.0. The molecule has 21 heteroatoms. The van der Waals surface area contributed by atoms with E-state index in [9.17, 15) is 43.2 Å². The zero-order chi connectivity index (χ0) is 43.4. The fourth-order valence-corrected chi connectivity index (χ4v) is 5.59. The summed E-state index contributed by atoms with van der Waals surface area (Å²) in [5.74, 6) is -2.93. The Hall–Kier alpha value is -5.19. The third kappa shape index (κ3) is 20.2. The van der Waals surface area contributed by atoms with Gasteiger partial charge in [0, 0.05) is 95.0 Å². The molecule has 0 aliphatic carbocycles. The second-order valence-electron chi connectivity index (χ2n) is 13.3.